The van der Waals surface area contributed by atoms with Gasteiger partial charge in [-0.25, -0.2) is 0 Å². The number of rotatable bonds is 5. The molecule has 0 aliphatic carbocycles. The van der Waals surface area contributed by atoms with Gasteiger partial charge in [-0.2, -0.15) is 0 Å². The van der Waals surface area contributed by atoms with Crippen molar-refractivity contribution < 1.29 is 14.3 Å². The van der Waals surface area contributed by atoms with E-state index in [4.69, 9.17) is 9.47 Å². The van der Waals surface area contributed by atoms with E-state index in [1.807, 2.05) is 13.0 Å². The van der Waals surface area contributed by atoms with Crippen molar-refractivity contribution in [2.45, 2.75) is 25.9 Å². The Kier molecular flexibility index (Phi) is 5.16. The zero-order valence-corrected chi connectivity index (χ0v) is 12.6. The lowest BCUT2D eigenvalue weighted by Gasteiger charge is -2.25. The molecule has 5 heteroatoms. The average Bonchev–Trinajstić information content (AvgIpc) is 2.38. The third-order valence-corrected chi connectivity index (χ3v) is 3.51. The lowest BCUT2D eigenvalue weighted by molar-refractivity contribution is -0.136. The highest BCUT2D eigenvalue weighted by Gasteiger charge is 2.31. The number of methoxy groups -OCH3 is 2. The molecule has 1 rings (SSSR count). The monoisotopic (exact) mass is 315 g/mol. The van der Waals surface area contributed by atoms with Crippen molar-refractivity contribution in [2.24, 2.45) is 0 Å². The van der Waals surface area contributed by atoms with Crippen LogP contribution >= 0.6 is 15.9 Å². The summed E-state index contributed by atoms with van der Waals surface area (Å²) < 4.78 is 11.3. The highest BCUT2D eigenvalue weighted by atomic mass is 79.9. The SMILES string of the molecule is CCC(C)(OC)C(=O)Nc1cc(Br)ccc1OC. The smallest absolute Gasteiger partial charge is 0.256 e. The number of carbonyl (C=O) groups excluding carboxylic acids is 1. The second kappa shape index (κ2) is 6.20. The molecule has 0 radical (unpaired) electrons. The van der Waals surface area contributed by atoms with Gasteiger partial charge in [0.15, 0.2) is 0 Å². The van der Waals surface area contributed by atoms with Gasteiger partial charge in [0.25, 0.3) is 5.91 Å². The number of hydrogen-bond donors (Lipinski definition) is 1. The molecule has 0 aromatic heterocycles. The lowest BCUT2D eigenvalue weighted by Crippen LogP contribution is -2.41. The van der Waals surface area contributed by atoms with Crippen LogP contribution < -0.4 is 10.1 Å². The second-order valence-electron chi connectivity index (χ2n) is 4.09. The van der Waals surface area contributed by atoms with Crippen LogP contribution in [0, 0.1) is 0 Å². The summed E-state index contributed by atoms with van der Waals surface area (Å²) in [5.41, 5.74) is -0.221. The Hall–Kier alpha value is -1.07. The first kappa shape index (κ1) is 15.0. The quantitative estimate of drug-likeness (QED) is 0.907. The Bertz CT molecular complexity index is 430. The first-order valence-electron chi connectivity index (χ1n) is 5.67. The van der Waals surface area contributed by atoms with Gasteiger partial charge in [-0.15, -0.1) is 0 Å². The third-order valence-electron chi connectivity index (χ3n) is 3.02. The van der Waals surface area contributed by atoms with Crippen LogP contribution in [0.4, 0.5) is 5.69 Å². The Morgan fingerprint density at radius 2 is 2.11 bits per heavy atom. The highest BCUT2D eigenvalue weighted by Crippen LogP contribution is 2.29. The van der Waals surface area contributed by atoms with Crippen molar-refractivity contribution in [3.05, 3.63) is 22.7 Å². The van der Waals surface area contributed by atoms with Crippen LogP contribution in [-0.2, 0) is 9.53 Å². The maximum absolute atomic E-state index is 12.2. The molecule has 0 saturated carbocycles. The fourth-order valence-corrected chi connectivity index (χ4v) is 1.79. The minimum Gasteiger partial charge on any atom is -0.495 e. The summed E-state index contributed by atoms with van der Waals surface area (Å²) in [5, 5.41) is 2.83. The van der Waals surface area contributed by atoms with E-state index in [1.165, 1.54) is 7.11 Å². The molecule has 1 atom stereocenters. The van der Waals surface area contributed by atoms with Crippen molar-refractivity contribution in [1.29, 1.82) is 0 Å². The van der Waals surface area contributed by atoms with Crippen molar-refractivity contribution >= 4 is 27.5 Å². The fourth-order valence-electron chi connectivity index (χ4n) is 1.43. The molecule has 1 amide bonds. The van der Waals surface area contributed by atoms with Crippen LogP contribution in [0.15, 0.2) is 22.7 Å². The summed E-state index contributed by atoms with van der Waals surface area (Å²) in [6.07, 6.45) is 0.589. The maximum atomic E-state index is 12.2. The molecule has 18 heavy (non-hydrogen) atoms. The van der Waals surface area contributed by atoms with Gasteiger partial charge in [0.05, 0.1) is 12.8 Å². The molecule has 0 saturated heterocycles. The molecular formula is C13H18BrNO3. The Labute approximate surface area is 116 Å². The van der Waals surface area contributed by atoms with Crippen LogP contribution in [-0.4, -0.2) is 25.7 Å². The molecule has 1 unspecified atom stereocenters. The van der Waals surface area contributed by atoms with E-state index >= 15 is 0 Å². The van der Waals surface area contributed by atoms with E-state index in [9.17, 15) is 4.79 Å². The summed E-state index contributed by atoms with van der Waals surface area (Å²) in [6, 6.07) is 5.43. The molecule has 0 aliphatic rings. The van der Waals surface area contributed by atoms with Gasteiger partial charge in [-0.3, -0.25) is 4.79 Å². The number of anilines is 1. The van der Waals surface area contributed by atoms with Crippen molar-refractivity contribution in [2.75, 3.05) is 19.5 Å². The summed E-state index contributed by atoms with van der Waals surface area (Å²) in [6.45, 7) is 3.66. The first-order chi connectivity index (χ1) is 8.46. The number of halogens is 1. The van der Waals surface area contributed by atoms with Gasteiger partial charge >= 0.3 is 0 Å². The minimum absolute atomic E-state index is 0.191. The Morgan fingerprint density at radius 1 is 1.44 bits per heavy atom. The van der Waals surface area contributed by atoms with Crippen LogP contribution in [0.1, 0.15) is 20.3 Å². The number of carbonyl (C=O) groups is 1. The molecule has 1 aromatic carbocycles. The predicted molar refractivity (Wildman–Crippen MR) is 75.0 cm³/mol. The molecule has 0 spiro atoms. The van der Waals surface area contributed by atoms with E-state index < -0.39 is 5.60 Å². The van der Waals surface area contributed by atoms with Gasteiger partial charge in [-0.1, -0.05) is 22.9 Å². The Balaban J connectivity index is 2.97. The zero-order valence-electron chi connectivity index (χ0n) is 11.0. The second-order valence-corrected chi connectivity index (χ2v) is 5.00. The van der Waals surface area contributed by atoms with E-state index in [0.717, 1.165) is 4.47 Å². The average molecular weight is 316 g/mol. The van der Waals surface area contributed by atoms with Crippen LogP contribution in [0.2, 0.25) is 0 Å². The number of nitrogens with one attached hydrogen (secondary N) is 1. The first-order valence-corrected chi connectivity index (χ1v) is 6.46. The molecule has 1 aromatic rings. The number of hydrogen-bond acceptors (Lipinski definition) is 3. The lowest BCUT2D eigenvalue weighted by atomic mass is 10.0. The van der Waals surface area contributed by atoms with Crippen molar-refractivity contribution in [1.82, 2.24) is 0 Å². The molecule has 0 heterocycles. The predicted octanol–water partition coefficient (Wildman–Crippen LogP) is 3.21. The number of benzene rings is 1. The van der Waals surface area contributed by atoms with Gasteiger partial charge in [-0.05, 0) is 31.5 Å². The van der Waals surface area contributed by atoms with Crippen molar-refractivity contribution in [3.63, 3.8) is 0 Å². The van der Waals surface area contributed by atoms with E-state index in [-0.39, 0.29) is 5.91 Å². The van der Waals surface area contributed by atoms with Crippen molar-refractivity contribution in [3.8, 4) is 5.75 Å². The molecule has 0 fully saturated rings. The van der Waals surface area contributed by atoms with Crippen LogP contribution in [0.5, 0.6) is 5.75 Å². The third kappa shape index (κ3) is 3.23. The molecular weight excluding hydrogens is 298 g/mol. The highest BCUT2D eigenvalue weighted by molar-refractivity contribution is 9.10. The summed E-state index contributed by atoms with van der Waals surface area (Å²) >= 11 is 3.36. The number of ether oxygens (including phenoxy) is 2. The standard InChI is InChI=1S/C13H18BrNO3/c1-5-13(2,18-4)12(16)15-10-8-9(14)6-7-11(10)17-3/h6-8H,5H2,1-4H3,(H,15,16). The molecule has 100 valence electrons. The molecule has 0 bridgehead atoms. The van der Waals surface area contributed by atoms with Gasteiger partial charge in [0, 0.05) is 11.6 Å². The van der Waals surface area contributed by atoms with E-state index in [0.29, 0.717) is 17.9 Å². The maximum Gasteiger partial charge on any atom is 0.256 e. The largest absolute Gasteiger partial charge is 0.495 e. The van der Waals surface area contributed by atoms with Crippen LogP contribution in [0.3, 0.4) is 0 Å². The van der Waals surface area contributed by atoms with E-state index in [1.54, 1.807) is 26.2 Å². The molecule has 1 N–H and O–H groups in total. The summed E-state index contributed by atoms with van der Waals surface area (Å²) in [7, 11) is 3.09. The Morgan fingerprint density at radius 3 is 2.61 bits per heavy atom. The van der Waals surface area contributed by atoms with Gasteiger partial charge < -0.3 is 14.8 Å². The zero-order chi connectivity index (χ0) is 13.8. The molecule has 0 aliphatic heterocycles. The van der Waals surface area contributed by atoms with Crippen LogP contribution in [0.25, 0.3) is 0 Å². The normalized spacial score (nSPS) is 13.8. The summed E-state index contributed by atoms with van der Waals surface area (Å²) in [4.78, 5) is 12.2. The van der Waals surface area contributed by atoms with Gasteiger partial charge in [0.1, 0.15) is 11.4 Å². The summed E-state index contributed by atoms with van der Waals surface area (Å²) in [5.74, 6) is 0.421. The fraction of sp³-hybridized carbons (Fsp3) is 0.462. The molecule has 4 nitrogen and oxygen atoms in total. The topological polar surface area (TPSA) is 47.6 Å². The number of amides is 1. The van der Waals surface area contributed by atoms with Gasteiger partial charge in [0.2, 0.25) is 0 Å². The minimum atomic E-state index is -0.840. The van der Waals surface area contributed by atoms with E-state index in [2.05, 4.69) is 21.2 Å².